The second-order valence-corrected chi connectivity index (χ2v) is 5.29. The summed E-state index contributed by atoms with van der Waals surface area (Å²) < 4.78 is 0. The Kier molecular flexibility index (Phi) is 5.29. The predicted octanol–water partition coefficient (Wildman–Crippen LogP) is -0.899. The molecule has 7 heteroatoms. The van der Waals surface area contributed by atoms with Gasteiger partial charge in [0.1, 0.15) is 0 Å². The lowest BCUT2D eigenvalue weighted by atomic mass is 9.96. The molecule has 18 heavy (non-hydrogen) atoms. The van der Waals surface area contributed by atoms with Crippen LogP contribution in [-0.2, 0) is 14.4 Å². The van der Waals surface area contributed by atoms with Crippen LogP contribution in [0.1, 0.15) is 27.7 Å². The van der Waals surface area contributed by atoms with E-state index in [0.29, 0.717) is 0 Å². The van der Waals surface area contributed by atoms with Gasteiger partial charge in [-0.1, -0.05) is 20.8 Å². The van der Waals surface area contributed by atoms with E-state index in [2.05, 4.69) is 10.6 Å². The largest absolute Gasteiger partial charge is 0.479 e. The number of aliphatic carboxylic acids is 1. The topological polar surface area (TPSA) is 116 Å². The quantitative estimate of drug-likeness (QED) is 0.511. The van der Waals surface area contributed by atoms with Crippen molar-refractivity contribution in [3.05, 3.63) is 0 Å². The van der Waals surface area contributed by atoms with Crippen LogP contribution >= 0.6 is 0 Å². The Labute approximate surface area is 106 Å². The van der Waals surface area contributed by atoms with Crippen LogP contribution in [0, 0.1) is 5.41 Å². The molecular weight excluding hydrogens is 240 g/mol. The first-order valence-electron chi connectivity index (χ1n) is 5.47. The van der Waals surface area contributed by atoms with E-state index >= 15 is 0 Å². The molecule has 0 aromatic rings. The maximum Gasteiger partial charge on any atom is 0.337 e. The molecular formula is C11H20N2O5. The molecule has 0 aliphatic heterocycles. The Balaban J connectivity index is 4.08. The minimum atomic E-state index is -2.02. The number of hydrogen-bond donors (Lipinski definition) is 4. The molecule has 0 aromatic carbocycles. The van der Waals surface area contributed by atoms with E-state index < -0.39 is 29.4 Å². The van der Waals surface area contributed by atoms with E-state index in [1.807, 2.05) is 0 Å². The van der Waals surface area contributed by atoms with Crippen molar-refractivity contribution in [2.24, 2.45) is 5.41 Å². The van der Waals surface area contributed by atoms with Crippen molar-refractivity contribution in [3.63, 3.8) is 0 Å². The number of hydrogen-bond acceptors (Lipinski definition) is 4. The number of rotatable bonds is 5. The summed E-state index contributed by atoms with van der Waals surface area (Å²) in [5, 5.41) is 22.6. The van der Waals surface area contributed by atoms with Gasteiger partial charge in [0.05, 0.1) is 13.1 Å². The van der Waals surface area contributed by atoms with Crippen molar-refractivity contribution in [3.8, 4) is 0 Å². The van der Waals surface area contributed by atoms with E-state index in [0.717, 1.165) is 6.92 Å². The van der Waals surface area contributed by atoms with Gasteiger partial charge in [-0.05, 0) is 6.92 Å². The molecule has 1 atom stereocenters. The van der Waals surface area contributed by atoms with Gasteiger partial charge in [0, 0.05) is 5.41 Å². The van der Waals surface area contributed by atoms with Gasteiger partial charge < -0.3 is 20.8 Å². The molecule has 0 heterocycles. The van der Waals surface area contributed by atoms with Gasteiger partial charge in [-0.3, -0.25) is 9.59 Å². The third kappa shape index (κ3) is 5.62. The minimum Gasteiger partial charge on any atom is -0.479 e. The van der Waals surface area contributed by atoms with Crippen molar-refractivity contribution in [2.45, 2.75) is 33.3 Å². The normalized spacial score (nSPS) is 14.5. The first-order valence-corrected chi connectivity index (χ1v) is 5.47. The Morgan fingerprint density at radius 2 is 1.56 bits per heavy atom. The molecule has 7 nitrogen and oxygen atoms in total. The van der Waals surface area contributed by atoms with E-state index in [9.17, 15) is 19.5 Å². The van der Waals surface area contributed by atoms with E-state index in [-0.39, 0.29) is 12.5 Å². The number of carboxylic acid groups (broad SMARTS) is 1. The summed E-state index contributed by atoms with van der Waals surface area (Å²) in [5.41, 5.74) is -2.63. The van der Waals surface area contributed by atoms with Crippen LogP contribution in [0.4, 0.5) is 0 Å². The number of carbonyl (C=O) groups excluding carboxylic acids is 2. The fourth-order valence-electron chi connectivity index (χ4n) is 0.835. The van der Waals surface area contributed by atoms with Crippen molar-refractivity contribution in [2.75, 3.05) is 13.1 Å². The van der Waals surface area contributed by atoms with Crippen LogP contribution < -0.4 is 10.6 Å². The highest BCUT2D eigenvalue weighted by atomic mass is 16.4. The summed E-state index contributed by atoms with van der Waals surface area (Å²) in [6, 6.07) is 0. The zero-order chi connectivity index (χ0) is 14.6. The van der Waals surface area contributed by atoms with Crippen molar-refractivity contribution in [1.29, 1.82) is 0 Å². The Morgan fingerprint density at radius 3 is 1.94 bits per heavy atom. The monoisotopic (exact) mass is 260 g/mol. The highest BCUT2D eigenvalue weighted by molar-refractivity contribution is 5.87. The molecule has 0 aliphatic rings. The number of carboxylic acids is 1. The van der Waals surface area contributed by atoms with E-state index in [4.69, 9.17) is 5.11 Å². The summed E-state index contributed by atoms with van der Waals surface area (Å²) in [6.07, 6.45) is 0. The summed E-state index contributed by atoms with van der Waals surface area (Å²) >= 11 is 0. The highest BCUT2D eigenvalue weighted by Crippen LogP contribution is 2.11. The molecule has 0 bridgehead atoms. The van der Waals surface area contributed by atoms with Crippen LogP contribution in [-0.4, -0.2) is 46.7 Å². The molecule has 4 N–H and O–H groups in total. The summed E-state index contributed by atoms with van der Waals surface area (Å²) in [7, 11) is 0. The van der Waals surface area contributed by atoms with Crippen LogP contribution in [0.25, 0.3) is 0 Å². The molecule has 1 unspecified atom stereocenters. The van der Waals surface area contributed by atoms with Crippen LogP contribution in [0.2, 0.25) is 0 Å². The Hall–Kier alpha value is -1.63. The van der Waals surface area contributed by atoms with Crippen LogP contribution in [0.5, 0.6) is 0 Å². The number of amides is 2. The van der Waals surface area contributed by atoms with Crippen LogP contribution in [0.15, 0.2) is 0 Å². The maximum absolute atomic E-state index is 11.4. The lowest BCUT2D eigenvalue weighted by Crippen LogP contribution is -2.49. The summed E-state index contributed by atoms with van der Waals surface area (Å²) in [6.45, 7) is 5.50. The average molecular weight is 260 g/mol. The molecule has 2 amide bonds. The summed E-state index contributed by atoms with van der Waals surface area (Å²) in [5.74, 6) is -2.28. The van der Waals surface area contributed by atoms with Gasteiger partial charge in [0.15, 0.2) is 5.60 Å². The average Bonchev–Trinajstić information content (AvgIpc) is 2.21. The van der Waals surface area contributed by atoms with Gasteiger partial charge in [0.2, 0.25) is 11.8 Å². The molecule has 0 rings (SSSR count). The summed E-state index contributed by atoms with van der Waals surface area (Å²) in [4.78, 5) is 33.3. The van der Waals surface area contributed by atoms with E-state index in [1.54, 1.807) is 20.8 Å². The lowest BCUT2D eigenvalue weighted by Gasteiger charge is -2.20. The molecule has 0 fully saturated rings. The highest BCUT2D eigenvalue weighted by Gasteiger charge is 2.30. The van der Waals surface area contributed by atoms with Gasteiger partial charge >= 0.3 is 5.97 Å². The van der Waals surface area contributed by atoms with Crippen molar-refractivity contribution in [1.82, 2.24) is 10.6 Å². The standard InChI is InChI=1S/C11H20N2O5/c1-10(2,3)8(15)12-5-7(14)13-6-11(4,18)9(16)17/h18H,5-6H2,1-4H3,(H,12,15)(H,13,14)(H,16,17). The Morgan fingerprint density at radius 1 is 1.06 bits per heavy atom. The number of nitrogens with one attached hydrogen (secondary N) is 2. The van der Waals surface area contributed by atoms with Gasteiger partial charge in [-0.15, -0.1) is 0 Å². The lowest BCUT2D eigenvalue weighted by molar-refractivity contribution is -0.156. The SMILES string of the molecule is CC(C)(C)C(=O)NCC(=O)NCC(C)(O)C(=O)O. The molecule has 0 aromatic heterocycles. The molecule has 0 radical (unpaired) electrons. The zero-order valence-electron chi connectivity index (χ0n) is 11.0. The smallest absolute Gasteiger partial charge is 0.337 e. The first-order chi connectivity index (χ1) is 7.97. The third-order valence-corrected chi connectivity index (χ3v) is 2.18. The van der Waals surface area contributed by atoms with Crippen molar-refractivity contribution >= 4 is 17.8 Å². The molecule has 0 saturated carbocycles. The number of aliphatic hydroxyl groups is 1. The van der Waals surface area contributed by atoms with Gasteiger partial charge in [-0.25, -0.2) is 4.79 Å². The fourth-order valence-corrected chi connectivity index (χ4v) is 0.835. The van der Waals surface area contributed by atoms with E-state index in [1.165, 1.54) is 0 Å². The van der Waals surface area contributed by atoms with Gasteiger partial charge in [0.25, 0.3) is 0 Å². The molecule has 0 saturated heterocycles. The second-order valence-electron chi connectivity index (χ2n) is 5.29. The third-order valence-electron chi connectivity index (χ3n) is 2.18. The zero-order valence-corrected chi connectivity index (χ0v) is 11.0. The van der Waals surface area contributed by atoms with Gasteiger partial charge in [-0.2, -0.15) is 0 Å². The molecule has 104 valence electrons. The van der Waals surface area contributed by atoms with Crippen molar-refractivity contribution < 1.29 is 24.6 Å². The number of carbonyl (C=O) groups is 3. The predicted molar refractivity (Wildman–Crippen MR) is 63.7 cm³/mol. The molecule has 0 spiro atoms. The first kappa shape index (κ1) is 16.4. The molecule has 0 aliphatic carbocycles. The maximum atomic E-state index is 11.4. The minimum absolute atomic E-state index is 0.258. The Bertz CT molecular complexity index is 344. The van der Waals surface area contributed by atoms with Crippen LogP contribution in [0.3, 0.4) is 0 Å². The second kappa shape index (κ2) is 5.81. The fraction of sp³-hybridized carbons (Fsp3) is 0.727.